The number of hydrogen-bond acceptors (Lipinski definition) is 4. The van der Waals surface area contributed by atoms with Gasteiger partial charge in [-0.2, -0.15) is 0 Å². The van der Waals surface area contributed by atoms with Crippen molar-refractivity contribution in [1.82, 2.24) is 9.97 Å². The molecule has 0 unspecified atom stereocenters. The molecular weight excluding hydrogens is 385 g/mol. The van der Waals surface area contributed by atoms with Crippen LogP contribution in [-0.2, 0) is 0 Å². The van der Waals surface area contributed by atoms with E-state index in [0.717, 1.165) is 43.4 Å². The summed E-state index contributed by atoms with van der Waals surface area (Å²) in [6.07, 6.45) is 1.59. The predicted octanol–water partition coefficient (Wildman–Crippen LogP) is 7.03. The van der Waals surface area contributed by atoms with Gasteiger partial charge >= 0.3 is 0 Å². The third kappa shape index (κ3) is 3.16. The highest BCUT2D eigenvalue weighted by Crippen LogP contribution is 2.41. The van der Waals surface area contributed by atoms with Gasteiger partial charge in [0, 0.05) is 26.2 Å². The first kappa shape index (κ1) is 17.3. The maximum atomic E-state index is 6.07. The molecule has 1 N–H and O–H groups in total. The van der Waals surface area contributed by atoms with Crippen molar-refractivity contribution in [2.45, 2.75) is 13.8 Å². The van der Waals surface area contributed by atoms with Crippen LogP contribution in [0.3, 0.4) is 0 Å². The number of benzene rings is 2. The molecule has 0 spiro atoms. The average Bonchev–Trinajstić information content (AvgIpc) is 2.95. The molecule has 0 amide bonds. The average molecular weight is 400 g/mol. The molecule has 4 rings (SSSR count). The van der Waals surface area contributed by atoms with E-state index >= 15 is 0 Å². The molecule has 0 bridgehead atoms. The normalized spacial score (nSPS) is 11.1. The Labute approximate surface area is 165 Å². The molecule has 2 aromatic heterocycles. The third-order valence-electron chi connectivity index (χ3n) is 4.24. The molecule has 6 heteroatoms. The zero-order valence-electron chi connectivity index (χ0n) is 14.2. The minimum Gasteiger partial charge on any atom is -0.339 e. The summed E-state index contributed by atoms with van der Waals surface area (Å²) in [5.74, 6) is 0.787. The van der Waals surface area contributed by atoms with Gasteiger partial charge in [-0.15, -0.1) is 11.3 Å². The number of aromatic nitrogens is 2. The molecule has 3 nitrogen and oxygen atoms in total. The number of hydrogen-bond donors (Lipinski definition) is 1. The Balaban J connectivity index is 1.89. The van der Waals surface area contributed by atoms with Crippen molar-refractivity contribution in [2.75, 3.05) is 5.32 Å². The molecule has 0 saturated carbocycles. The first-order chi connectivity index (χ1) is 12.5. The molecule has 130 valence electrons. The number of fused-ring (bicyclic) bond motifs is 1. The number of aryl methyl sites for hydroxylation is 2. The molecule has 2 heterocycles. The van der Waals surface area contributed by atoms with Gasteiger partial charge in [-0.3, -0.25) is 0 Å². The fraction of sp³-hybridized carbons (Fsp3) is 0.100. The summed E-state index contributed by atoms with van der Waals surface area (Å²) < 4.78 is 0. The topological polar surface area (TPSA) is 37.8 Å². The largest absolute Gasteiger partial charge is 0.339 e. The third-order valence-corrected chi connectivity index (χ3v) is 5.74. The van der Waals surface area contributed by atoms with Crippen LogP contribution in [0.5, 0.6) is 0 Å². The van der Waals surface area contributed by atoms with Crippen LogP contribution in [0.4, 0.5) is 11.5 Å². The lowest BCUT2D eigenvalue weighted by Gasteiger charge is -2.11. The van der Waals surface area contributed by atoms with Gasteiger partial charge in [0.1, 0.15) is 17.0 Å². The van der Waals surface area contributed by atoms with Crippen LogP contribution in [-0.4, -0.2) is 9.97 Å². The van der Waals surface area contributed by atoms with Crippen molar-refractivity contribution in [3.05, 3.63) is 69.3 Å². The number of rotatable bonds is 3. The van der Waals surface area contributed by atoms with E-state index < -0.39 is 0 Å². The Morgan fingerprint density at radius 3 is 2.38 bits per heavy atom. The van der Waals surface area contributed by atoms with Crippen LogP contribution in [0.15, 0.2) is 48.8 Å². The second kappa shape index (κ2) is 6.88. The first-order valence-corrected chi connectivity index (χ1v) is 9.63. The summed E-state index contributed by atoms with van der Waals surface area (Å²) in [5, 5.41) is 5.90. The van der Waals surface area contributed by atoms with Gasteiger partial charge in [0.25, 0.3) is 0 Å². The van der Waals surface area contributed by atoms with Crippen LogP contribution in [0, 0.1) is 13.8 Å². The summed E-state index contributed by atoms with van der Waals surface area (Å²) in [6.45, 7) is 4.12. The van der Waals surface area contributed by atoms with E-state index in [1.807, 2.05) is 49.4 Å². The molecule has 0 aliphatic heterocycles. The minimum atomic E-state index is 0.717. The number of anilines is 2. The maximum Gasteiger partial charge on any atom is 0.143 e. The van der Waals surface area contributed by atoms with Crippen LogP contribution in [0.25, 0.3) is 21.3 Å². The minimum absolute atomic E-state index is 0.717. The molecular formula is C20H15Cl2N3S. The van der Waals surface area contributed by atoms with Crippen molar-refractivity contribution in [1.29, 1.82) is 0 Å². The summed E-state index contributed by atoms with van der Waals surface area (Å²) in [6, 6.07) is 13.6. The van der Waals surface area contributed by atoms with Crippen molar-refractivity contribution < 1.29 is 0 Å². The molecule has 0 aliphatic rings. The highest BCUT2D eigenvalue weighted by atomic mass is 35.5. The van der Waals surface area contributed by atoms with Gasteiger partial charge < -0.3 is 5.32 Å². The second-order valence-electron chi connectivity index (χ2n) is 6.03. The Kier molecular flexibility index (Phi) is 4.57. The fourth-order valence-corrected chi connectivity index (χ4v) is 4.36. The number of halogens is 2. The van der Waals surface area contributed by atoms with Crippen LogP contribution < -0.4 is 5.32 Å². The first-order valence-electron chi connectivity index (χ1n) is 8.06. The lowest BCUT2D eigenvalue weighted by atomic mass is 10.0. The second-order valence-corrected chi connectivity index (χ2v) is 8.10. The molecule has 2 aromatic carbocycles. The van der Waals surface area contributed by atoms with Crippen molar-refractivity contribution in [3.63, 3.8) is 0 Å². The van der Waals surface area contributed by atoms with Crippen LogP contribution in [0.2, 0.25) is 10.0 Å². The Morgan fingerprint density at radius 1 is 0.923 bits per heavy atom. The molecule has 4 aromatic rings. The lowest BCUT2D eigenvalue weighted by Crippen LogP contribution is -1.97. The van der Waals surface area contributed by atoms with E-state index in [1.165, 1.54) is 4.88 Å². The van der Waals surface area contributed by atoms with Crippen molar-refractivity contribution in [2.24, 2.45) is 0 Å². The standard InChI is InChI=1S/C20H15Cl2N3S/c1-11-9-15(22)7-8-16(11)25-19-18-17(13-3-5-14(21)6-4-13)12(2)26-20(18)24-10-23-19/h3-10H,1-2H3,(H,23,24,25). The van der Waals surface area contributed by atoms with Gasteiger partial charge in [0.15, 0.2) is 0 Å². The molecule has 0 atom stereocenters. The molecule has 0 fully saturated rings. The molecule has 0 aliphatic carbocycles. The Morgan fingerprint density at radius 2 is 1.65 bits per heavy atom. The number of thiophene rings is 1. The van der Waals surface area contributed by atoms with Gasteiger partial charge in [0.2, 0.25) is 0 Å². The summed E-state index contributed by atoms with van der Waals surface area (Å²) >= 11 is 13.8. The van der Waals surface area contributed by atoms with Gasteiger partial charge in [-0.1, -0.05) is 35.3 Å². The van der Waals surface area contributed by atoms with Gasteiger partial charge in [0.05, 0.1) is 5.39 Å². The maximum absolute atomic E-state index is 6.07. The van der Waals surface area contributed by atoms with E-state index in [0.29, 0.717) is 5.02 Å². The Bertz CT molecular complexity index is 1100. The van der Waals surface area contributed by atoms with Gasteiger partial charge in [-0.25, -0.2) is 9.97 Å². The molecule has 0 radical (unpaired) electrons. The smallest absolute Gasteiger partial charge is 0.143 e. The summed E-state index contributed by atoms with van der Waals surface area (Å²) in [7, 11) is 0. The van der Waals surface area contributed by atoms with Crippen LogP contribution >= 0.6 is 34.5 Å². The van der Waals surface area contributed by atoms with E-state index in [4.69, 9.17) is 23.2 Å². The number of nitrogens with zero attached hydrogens (tertiary/aromatic N) is 2. The van der Waals surface area contributed by atoms with Crippen molar-refractivity contribution >= 4 is 56.3 Å². The van der Waals surface area contributed by atoms with Crippen LogP contribution in [0.1, 0.15) is 10.4 Å². The zero-order valence-corrected chi connectivity index (χ0v) is 16.5. The summed E-state index contributed by atoms with van der Waals surface area (Å²) in [4.78, 5) is 11.1. The molecule has 26 heavy (non-hydrogen) atoms. The molecule has 0 saturated heterocycles. The SMILES string of the molecule is Cc1cc(Cl)ccc1Nc1ncnc2sc(C)c(-c3ccc(Cl)cc3)c12. The zero-order chi connectivity index (χ0) is 18.3. The lowest BCUT2D eigenvalue weighted by molar-refractivity contribution is 1.23. The summed E-state index contributed by atoms with van der Waals surface area (Å²) in [5.41, 5.74) is 4.27. The van der Waals surface area contributed by atoms with Gasteiger partial charge in [-0.05, 0) is 55.3 Å². The Hall–Kier alpha value is -2.14. The quantitative estimate of drug-likeness (QED) is 0.401. The highest BCUT2D eigenvalue weighted by molar-refractivity contribution is 7.19. The highest BCUT2D eigenvalue weighted by Gasteiger charge is 2.17. The fourth-order valence-electron chi connectivity index (χ4n) is 3.00. The van der Waals surface area contributed by atoms with Crippen molar-refractivity contribution in [3.8, 4) is 11.1 Å². The monoisotopic (exact) mass is 399 g/mol. The predicted molar refractivity (Wildman–Crippen MR) is 112 cm³/mol. The van der Waals surface area contributed by atoms with E-state index in [-0.39, 0.29) is 0 Å². The van der Waals surface area contributed by atoms with E-state index in [2.05, 4.69) is 22.2 Å². The number of nitrogens with one attached hydrogen (secondary N) is 1. The van der Waals surface area contributed by atoms with E-state index in [1.54, 1.807) is 17.7 Å². The van der Waals surface area contributed by atoms with E-state index in [9.17, 15) is 0 Å².